The van der Waals surface area contributed by atoms with Crippen LogP contribution in [0.15, 0.2) is 72.8 Å². The van der Waals surface area contributed by atoms with Gasteiger partial charge >= 0.3 is 12.0 Å². The molecule has 0 spiro atoms. The molecule has 4 rings (SSSR count). The van der Waals surface area contributed by atoms with Gasteiger partial charge in [0, 0.05) is 16.1 Å². The molecule has 0 fully saturated rings. The maximum absolute atomic E-state index is 12.8. The van der Waals surface area contributed by atoms with Gasteiger partial charge in [0.1, 0.15) is 0 Å². The third-order valence-corrected chi connectivity index (χ3v) is 5.24. The maximum Gasteiger partial charge on any atom is 0.312 e. The monoisotopic (exact) mass is 406 g/mol. The summed E-state index contributed by atoms with van der Waals surface area (Å²) in [5.41, 5.74) is 10.0. The van der Waals surface area contributed by atoms with Crippen molar-refractivity contribution in [3.8, 4) is 11.1 Å². The summed E-state index contributed by atoms with van der Waals surface area (Å²) in [6.45, 7) is 0. The van der Waals surface area contributed by atoms with Crippen LogP contribution in [0.1, 0.15) is 35.3 Å². The number of rotatable bonds is 5. The van der Waals surface area contributed by atoms with Crippen molar-refractivity contribution >= 4 is 23.6 Å². The Kier molecular flexibility index (Phi) is 5.23. The van der Waals surface area contributed by atoms with E-state index in [4.69, 9.17) is 22.1 Å². The third kappa shape index (κ3) is 3.96. The van der Waals surface area contributed by atoms with Crippen LogP contribution in [0.4, 0.5) is 4.79 Å². The summed E-state index contributed by atoms with van der Waals surface area (Å²) in [6, 6.07) is 21.3. The molecule has 3 N–H and O–H groups in total. The first-order chi connectivity index (χ1) is 14.0. The highest BCUT2D eigenvalue weighted by molar-refractivity contribution is 6.30. The zero-order valence-electron chi connectivity index (χ0n) is 15.5. The molecule has 146 valence electrons. The van der Waals surface area contributed by atoms with Crippen LogP contribution in [-0.2, 0) is 9.53 Å². The van der Waals surface area contributed by atoms with Crippen LogP contribution in [-0.4, -0.2) is 12.0 Å². The number of carbonyl (C=O) groups excluding carboxylic acids is 2. The lowest BCUT2D eigenvalue weighted by atomic mass is 10.0. The van der Waals surface area contributed by atoms with E-state index in [0.29, 0.717) is 5.02 Å². The lowest BCUT2D eigenvalue weighted by Crippen LogP contribution is -2.34. The Bertz CT molecular complexity index is 1020. The van der Waals surface area contributed by atoms with Gasteiger partial charge < -0.3 is 15.8 Å². The fourth-order valence-electron chi connectivity index (χ4n) is 3.70. The molecule has 0 aromatic heterocycles. The van der Waals surface area contributed by atoms with E-state index in [1.807, 2.05) is 48.5 Å². The Morgan fingerprint density at radius 1 is 0.931 bits per heavy atom. The van der Waals surface area contributed by atoms with Gasteiger partial charge in [0.15, 0.2) is 6.10 Å². The van der Waals surface area contributed by atoms with Gasteiger partial charge in [-0.1, -0.05) is 72.3 Å². The number of carbonyl (C=O) groups is 2. The van der Waals surface area contributed by atoms with E-state index >= 15 is 0 Å². The highest BCUT2D eigenvalue weighted by atomic mass is 35.5. The number of halogens is 1. The fourth-order valence-corrected chi connectivity index (χ4v) is 3.83. The first-order valence-electron chi connectivity index (χ1n) is 9.22. The Labute approximate surface area is 173 Å². The molecule has 0 saturated carbocycles. The number of urea groups is 1. The predicted molar refractivity (Wildman–Crippen MR) is 111 cm³/mol. The van der Waals surface area contributed by atoms with Crippen LogP contribution in [0.5, 0.6) is 0 Å². The van der Waals surface area contributed by atoms with Crippen LogP contribution in [0.2, 0.25) is 5.02 Å². The molecule has 1 aliphatic carbocycles. The summed E-state index contributed by atoms with van der Waals surface area (Å²) >= 11 is 5.93. The fraction of sp³-hybridized carbons (Fsp3) is 0.130. The lowest BCUT2D eigenvalue weighted by Gasteiger charge is -2.20. The first kappa shape index (κ1) is 19.0. The molecule has 0 radical (unpaired) electrons. The summed E-state index contributed by atoms with van der Waals surface area (Å²) in [5.74, 6) is -0.435. The third-order valence-electron chi connectivity index (χ3n) is 4.99. The zero-order valence-corrected chi connectivity index (χ0v) is 16.2. The highest BCUT2D eigenvalue weighted by Crippen LogP contribution is 2.45. The van der Waals surface area contributed by atoms with Crippen LogP contribution >= 0.6 is 11.6 Å². The van der Waals surface area contributed by atoms with Crippen molar-refractivity contribution < 1.29 is 14.3 Å². The van der Waals surface area contributed by atoms with Gasteiger partial charge in [0.05, 0.1) is 12.5 Å². The molecule has 1 atom stereocenters. The summed E-state index contributed by atoms with van der Waals surface area (Å²) in [6.07, 6.45) is -0.528. The average molecular weight is 407 g/mol. The molecule has 2 amide bonds. The van der Waals surface area contributed by atoms with Gasteiger partial charge in [-0.15, -0.1) is 0 Å². The smallest absolute Gasteiger partial charge is 0.312 e. The van der Waals surface area contributed by atoms with Crippen molar-refractivity contribution in [1.82, 2.24) is 5.32 Å². The second-order valence-corrected chi connectivity index (χ2v) is 7.30. The molecule has 0 aliphatic heterocycles. The van der Waals surface area contributed by atoms with E-state index in [1.165, 1.54) is 0 Å². The van der Waals surface area contributed by atoms with Crippen molar-refractivity contribution in [2.24, 2.45) is 5.73 Å². The minimum atomic E-state index is -0.714. The number of nitrogens with one attached hydrogen (secondary N) is 1. The van der Waals surface area contributed by atoms with Crippen molar-refractivity contribution in [2.45, 2.75) is 18.6 Å². The molecule has 0 bridgehead atoms. The van der Waals surface area contributed by atoms with Gasteiger partial charge in [0.2, 0.25) is 0 Å². The second kappa shape index (κ2) is 7.97. The van der Waals surface area contributed by atoms with Crippen LogP contribution in [0, 0.1) is 0 Å². The molecule has 5 nitrogen and oxygen atoms in total. The molecule has 0 saturated heterocycles. The minimum Gasteiger partial charge on any atom is -0.452 e. The highest BCUT2D eigenvalue weighted by Gasteiger charge is 2.31. The zero-order chi connectivity index (χ0) is 20.4. The standard InChI is InChI=1S/C23H19ClN2O3/c24-15-11-9-14(10-12-15)20(26-23(25)28)13-21(27)29-22-18-7-3-1-5-16(18)17-6-2-4-8-19(17)22/h1-12,20,22H,13H2,(H3,25,26,28)/t20-/m1/s1. The van der Waals surface area contributed by atoms with Crippen molar-refractivity contribution in [3.05, 3.63) is 94.5 Å². The molecular formula is C23H19ClN2O3. The van der Waals surface area contributed by atoms with E-state index < -0.39 is 24.1 Å². The van der Waals surface area contributed by atoms with Gasteiger partial charge in [-0.2, -0.15) is 0 Å². The largest absolute Gasteiger partial charge is 0.452 e. The Hall–Kier alpha value is -3.31. The summed E-state index contributed by atoms with van der Waals surface area (Å²) in [4.78, 5) is 24.2. The van der Waals surface area contributed by atoms with Gasteiger partial charge in [-0.3, -0.25) is 4.79 Å². The lowest BCUT2D eigenvalue weighted by molar-refractivity contribution is -0.148. The number of amides is 2. The number of esters is 1. The van der Waals surface area contributed by atoms with Crippen molar-refractivity contribution in [3.63, 3.8) is 0 Å². The molecule has 1 aliphatic rings. The number of nitrogens with two attached hydrogens (primary N) is 1. The Morgan fingerprint density at radius 2 is 1.48 bits per heavy atom. The van der Waals surface area contributed by atoms with E-state index in [2.05, 4.69) is 5.32 Å². The SMILES string of the molecule is NC(=O)N[C@H](CC(=O)OC1c2ccccc2-c2ccccc21)c1ccc(Cl)cc1. The quantitative estimate of drug-likeness (QED) is 0.600. The second-order valence-electron chi connectivity index (χ2n) is 6.86. The molecule has 3 aromatic carbocycles. The topological polar surface area (TPSA) is 81.4 Å². The molecule has 6 heteroatoms. The van der Waals surface area contributed by atoms with E-state index in [9.17, 15) is 9.59 Å². The number of hydrogen-bond acceptors (Lipinski definition) is 3. The van der Waals surface area contributed by atoms with Crippen molar-refractivity contribution in [2.75, 3.05) is 0 Å². The number of fused-ring (bicyclic) bond motifs is 3. The first-order valence-corrected chi connectivity index (χ1v) is 9.60. The molecule has 29 heavy (non-hydrogen) atoms. The predicted octanol–water partition coefficient (Wildman–Crippen LogP) is 4.75. The normalized spacial score (nSPS) is 13.3. The number of primary amides is 1. The van der Waals surface area contributed by atoms with Crippen LogP contribution in [0.25, 0.3) is 11.1 Å². The van der Waals surface area contributed by atoms with Crippen LogP contribution < -0.4 is 11.1 Å². The Morgan fingerprint density at radius 3 is 2.03 bits per heavy atom. The molecule has 0 heterocycles. The number of hydrogen-bond donors (Lipinski definition) is 2. The number of ether oxygens (including phenoxy) is 1. The maximum atomic E-state index is 12.8. The van der Waals surface area contributed by atoms with E-state index in [1.54, 1.807) is 24.3 Å². The average Bonchev–Trinajstić information content (AvgIpc) is 3.02. The molecule has 0 unspecified atom stereocenters. The summed E-state index contributed by atoms with van der Waals surface area (Å²) in [7, 11) is 0. The minimum absolute atomic E-state index is 0.0502. The molecular weight excluding hydrogens is 388 g/mol. The Balaban J connectivity index is 1.57. The summed E-state index contributed by atoms with van der Waals surface area (Å²) < 4.78 is 5.86. The van der Waals surface area contributed by atoms with E-state index in [0.717, 1.165) is 27.8 Å². The number of benzene rings is 3. The van der Waals surface area contributed by atoms with Crippen LogP contribution in [0.3, 0.4) is 0 Å². The van der Waals surface area contributed by atoms with Gasteiger partial charge in [-0.25, -0.2) is 4.79 Å². The molecule has 3 aromatic rings. The van der Waals surface area contributed by atoms with Gasteiger partial charge in [-0.05, 0) is 28.8 Å². The summed E-state index contributed by atoms with van der Waals surface area (Å²) in [5, 5.41) is 3.17. The van der Waals surface area contributed by atoms with Gasteiger partial charge in [0.25, 0.3) is 0 Å². The van der Waals surface area contributed by atoms with E-state index in [-0.39, 0.29) is 6.42 Å². The van der Waals surface area contributed by atoms with Crippen molar-refractivity contribution in [1.29, 1.82) is 0 Å².